The number of pyridine rings is 1. The maximum Gasteiger partial charge on any atom is 0.272 e. The van der Waals surface area contributed by atoms with Crippen LogP contribution in [-0.2, 0) is 0 Å². The molecule has 0 atom stereocenters. The Morgan fingerprint density at radius 2 is 1.52 bits per heavy atom. The second-order valence-electron chi connectivity index (χ2n) is 7.73. The van der Waals surface area contributed by atoms with Crippen molar-refractivity contribution in [2.75, 3.05) is 44.2 Å². The molecule has 0 aliphatic carbocycles. The SMILES string of the molecule is CC1CCN(C(=O)c2cc(C(=O)N3CCN(c4ncccn4)CC3)ccn2)CC1. The highest BCUT2D eigenvalue weighted by molar-refractivity contribution is 5.98. The molecular weight excluding hydrogens is 368 g/mol. The van der Waals surface area contributed by atoms with E-state index in [4.69, 9.17) is 0 Å². The molecule has 0 spiro atoms. The molecule has 2 aliphatic rings. The van der Waals surface area contributed by atoms with Crippen LogP contribution in [0.25, 0.3) is 0 Å². The van der Waals surface area contributed by atoms with Gasteiger partial charge in [0.25, 0.3) is 11.8 Å². The molecular formula is C21H26N6O2. The van der Waals surface area contributed by atoms with Gasteiger partial charge >= 0.3 is 0 Å². The molecule has 0 saturated carbocycles. The summed E-state index contributed by atoms with van der Waals surface area (Å²) in [5.74, 6) is 1.19. The molecule has 4 rings (SSSR count). The Balaban J connectivity index is 1.39. The minimum atomic E-state index is -0.0856. The molecule has 0 N–H and O–H groups in total. The number of anilines is 1. The van der Waals surface area contributed by atoms with Gasteiger partial charge in [0.1, 0.15) is 5.69 Å². The number of rotatable bonds is 3. The molecule has 8 nitrogen and oxygen atoms in total. The van der Waals surface area contributed by atoms with Crippen molar-refractivity contribution in [1.82, 2.24) is 24.8 Å². The van der Waals surface area contributed by atoms with Gasteiger partial charge in [-0.2, -0.15) is 0 Å². The van der Waals surface area contributed by atoms with Gasteiger partial charge in [-0.3, -0.25) is 14.6 Å². The van der Waals surface area contributed by atoms with E-state index >= 15 is 0 Å². The van der Waals surface area contributed by atoms with E-state index in [-0.39, 0.29) is 11.8 Å². The van der Waals surface area contributed by atoms with Gasteiger partial charge in [0.2, 0.25) is 5.95 Å². The van der Waals surface area contributed by atoms with Crippen LogP contribution in [0, 0.1) is 5.92 Å². The Morgan fingerprint density at radius 1 is 0.862 bits per heavy atom. The van der Waals surface area contributed by atoms with Crippen molar-refractivity contribution in [3.8, 4) is 0 Å². The summed E-state index contributed by atoms with van der Waals surface area (Å²) in [7, 11) is 0. The Labute approximate surface area is 170 Å². The number of carbonyl (C=O) groups excluding carboxylic acids is 2. The van der Waals surface area contributed by atoms with Crippen LogP contribution in [-0.4, -0.2) is 75.8 Å². The summed E-state index contributed by atoms with van der Waals surface area (Å²) in [6.45, 7) is 6.26. The molecule has 152 valence electrons. The summed E-state index contributed by atoms with van der Waals surface area (Å²) in [5.41, 5.74) is 0.861. The van der Waals surface area contributed by atoms with E-state index in [1.54, 1.807) is 36.8 Å². The first-order valence-electron chi connectivity index (χ1n) is 10.2. The number of nitrogens with zero attached hydrogens (tertiary/aromatic N) is 6. The van der Waals surface area contributed by atoms with Crippen LogP contribution < -0.4 is 4.90 Å². The lowest BCUT2D eigenvalue weighted by Gasteiger charge is -2.34. The fraction of sp³-hybridized carbons (Fsp3) is 0.476. The standard InChI is InChI=1S/C21H26N6O2/c1-16-4-9-25(10-5-16)20(29)18-15-17(3-8-22-18)19(28)26-11-13-27(14-12-26)21-23-6-2-7-24-21/h2-3,6-8,15-16H,4-5,9-14H2,1H3. The van der Waals surface area contributed by atoms with Gasteiger partial charge in [0.05, 0.1) is 0 Å². The first-order valence-corrected chi connectivity index (χ1v) is 10.2. The minimum Gasteiger partial charge on any atom is -0.337 e. The molecule has 0 bridgehead atoms. The quantitative estimate of drug-likeness (QED) is 0.788. The van der Waals surface area contributed by atoms with Crippen molar-refractivity contribution < 1.29 is 9.59 Å². The molecule has 8 heteroatoms. The summed E-state index contributed by atoms with van der Waals surface area (Å²) >= 11 is 0. The van der Waals surface area contributed by atoms with E-state index in [9.17, 15) is 9.59 Å². The Bertz CT molecular complexity index is 858. The fourth-order valence-electron chi connectivity index (χ4n) is 3.80. The van der Waals surface area contributed by atoms with Gasteiger partial charge in [0.15, 0.2) is 0 Å². The number of piperidine rings is 1. The normalized spacial score (nSPS) is 18.0. The van der Waals surface area contributed by atoms with Crippen LogP contribution >= 0.6 is 0 Å². The van der Waals surface area contributed by atoms with Crippen LogP contribution in [0.15, 0.2) is 36.8 Å². The van der Waals surface area contributed by atoms with Gasteiger partial charge in [-0.15, -0.1) is 0 Å². The first-order chi connectivity index (χ1) is 14.1. The zero-order valence-electron chi connectivity index (χ0n) is 16.7. The Morgan fingerprint density at radius 3 is 2.21 bits per heavy atom. The van der Waals surface area contributed by atoms with E-state index in [1.807, 2.05) is 9.80 Å². The third kappa shape index (κ3) is 4.36. The van der Waals surface area contributed by atoms with Crippen LogP contribution in [0.4, 0.5) is 5.95 Å². The molecule has 0 aromatic carbocycles. The van der Waals surface area contributed by atoms with Crippen molar-refractivity contribution in [2.45, 2.75) is 19.8 Å². The molecule has 0 unspecified atom stereocenters. The van der Waals surface area contributed by atoms with Crippen LogP contribution in [0.3, 0.4) is 0 Å². The first kappa shape index (κ1) is 19.3. The fourth-order valence-corrected chi connectivity index (χ4v) is 3.80. The lowest BCUT2D eigenvalue weighted by atomic mass is 9.99. The molecule has 2 aromatic heterocycles. The molecule has 2 aliphatic heterocycles. The van der Waals surface area contributed by atoms with Gasteiger partial charge in [0, 0.05) is 63.4 Å². The van der Waals surface area contributed by atoms with Crippen LogP contribution in [0.1, 0.15) is 40.6 Å². The summed E-state index contributed by atoms with van der Waals surface area (Å²) < 4.78 is 0. The molecule has 29 heavy (non-hydrogen) atoms. The summed E-state index contributed by atoms with van der Waals surface area (Å²) in [5, 5.41) is 0. The zero-order chi connectivity index (χ0) is 20.2. The lowest BCUT2D eigenvalue weighted by molar-refractivity contribution is 0.0691. The minimum absolute atomic E-state index is 0.0673. The number of carbonyl (C=O) groups is 2. The summed E-state index contributed by atoms with van der Waals surface area (Å²) in [4.78, 5) is 44.2. The maximum absolute atomic E-state index is 13.0. The summed E-state index contributed by atoms with van der Waals surface area (Å²) in [6, 6.07) is 5.11. The smallest absolute Gasteiger partial charge is 0.272 e. The maximum atomic E-state index is 13.0. The van der Waals surface area contributed by atoms with Crippen molar-refractivity contribution >= 4 is 17.8 Å². The second kappa shape index (κ2) is 8.55. The molecule has 2 saturated heterocycles. The van der Waals surface area contributed by atoms with Gasteiger partial charge in [-0.05, 0) is 37.0 Å². The number of likely N-dealkylation sites (tertiary alicyclic amines) is 1. The predicted octanol–water partition coefficient (Wildman–Crippen LogP) is 1.71. The summed E-state index contributed by atoms with van der Waals surface area (Å²) in [6.07, 6.45) is 7.03. The zero-order valence-corrected chi connectivity index (χ0v) is 16.7. The Hall–Kier alpha value is -3.03. The van der Waals surface area contributed by atoms with Crippen molar-refractivity contribution in [3.05, 3.63) is 48.0 Å². The van der Waals surface area contributed by atoms with Gasteiger partial charge in [-0.1, -0.05) is 6.92 Å². The predicted molar refractivity (Wildman–Crippen MR) is 109 cm³/mol. The Kier molecular flexibility index (Phi) is 5.69. The van der Waals surface area contributed by atoms with E-state index in [2.05, 4.69) is 26.8 Å². The van der Waals surface area contributed by atoms with E-state index in [0.29, 0.717) is 49.3 Å². The number of hydrogen-bond donors (Lipinski definition) is 0. The molecule has 2 fully saturated rings. The van der Waals surface area contributed by atoms with E-state index in [0.717, 1.165) is 25.9 Å². The number of piperazine rings is 1. The van der Waals surface area contributed by atoms with Crippen molar-refractivity contribution in [2.24, 2.45) is 5.92 Å². The number of hydrogen-bond acceptors (Lipinski definition) is 6. The second-order valence-corrected chi connectivity index (χ2v) is 7.73. The van der Waals surface area contributed by atoms with Crippen molar-refractivity contribution in [1.29, 1.82) is 0 Å². The topological polar surface area (TPSA) is 82.5 Å². The average Bonchev–Trinajstić information content (AvgIpc) is 2.79. The van der Waals surface area contributed by atoms with E-state index < -0.39 is 0 Å². The monoisotopic (exact) mass is 394 g/mol. The number of aromatic nitrogens is 3. The molecule has 2 amide bonds. The molecule has 2 aromatic rings. The number of amides is 2. The molecule has 0 radical (unpaired) electrons. The largest absolute Gasteiger partial charge is 0.337 e. The molecule has 4 heterocycles. The van der Waals surface area contributed by atoms with E-state index in [1.165, 1.54) is 0 Å². The van der Waals surface area contributed by atoms with Crippen molar-refractivity contribution in [3.63, 3.8) is 0 Å². The highest BCUT2D eigenvalue weighted by Crippen LogP contribution is 2.18. The highest BCUT2D eigenvalue weighted by Gasteiger charge is 2.26. The average molecular weight is 394 g/mol. The van der Waals surface area contributed by atoms with Gasteiger partial charge < -0.3 is 14.7 Å². The third-order valence-electron chi connectivity index (χ3n) is 5.70. The highest BCUT2D eigenvalue weighted by atomic mass is 16.2. The van der Waals surface area contributed by atoms with Crippen LogP contribution in [0.2, 0.25) is 0 Å². The lowest BCUT2D eigenvalue weighted by Crippen LogP contribution is -2.49. The third-order valence-corrected chi connectivity index (χ3v) is 5.70. The van der Waals surface area contributed by atoms with Crippen LogP contribution in [0.5, 0.6) is 0 Å². The van der Waals surface area contributed by atoms with Gasteiger partial charge in [-0.25, -0.2) is 9.97 Å².